The predicted octanol–water partition coefficient (Wildman–Crippen LogP) is 2.20. The highest BCUT2D eigenvalue weighted by Gasteiger charge is 2.05. The maximum atomic E-state index is 11.5. The fraction of sp³-hybridized carbons (Fsp3) is 0.400. The van der Waals surface area contributed by atoms with Crippen LogP contribution in [0.1, 0.15) is 29.8 Å². The molecule has 0 bridgehead atoms. The molecule has 0 aliphatic rings. The van der Waals surface area contributed by atoms with Gasteiger partial charge in [0.05, 0.1) is 6.07 Å². The average Bonchev–Trinajstić information content (AvgIpc) is 2.64. The maximum Gasteiger partial charge on any atom is 0.267 e. The molecular formula is C10H12BrN3O. The minimum Gasteiger partial charge on any atom is -0.356 e. The molecule has 0 unspecified atom stereocenters. The predicted molar refractivity (Wildman–Crippen MR) is 60.3 cm³/mol. The number of nitrogens with one attached hydrogen (secondary N) is 2. The molecule has 0 atom stereocenters. The van der Waals surface area contributed by atoms with Crippen LogP contribution in [-0.4, -0.2) is 17.4 Å². The molecule has 80 valence electrons. The minimum absolute atomic E-state index is 0.113. The third-order valence-electron chi connectivity index (χ3n) is 1.89. The van der Waals surface area contributed by atoms with Crippen LogP contribution in [0, 0.1) is 11.3 Å². The number of rotatable bonds is 5. The van der Waals surface area contributed by atoms with Crippen LogP contribution in [0.25, 0.3) is 0 Å². The molecule has 1 aromatic heterocycles. The lowest BCUT2D eigenvalue weighted by Crippen LogP contribution is -2.24. The summed E-state index contributed by atoms with van der Waals surface area (Å²) in [5.41, 5.74) is 0.544. The van der Waals surface area contributed by atoms with Gasteiger partial charge in [-0.1, -0.05) is 0 Å². The van der Waals surface area contributed by atoms with E-state index in [4.69, 9.17) is 5.26 Å². The smallest absolute Gasteiger partial charge is 0.267 e. The van der Waals surface area contributed by atoms with E-state index in [1.165, 1.54) is 0 Å². The third-order valence-corrected chi connectivity index (χ3v) is 2.35. The molecule has 2 N–H and O–H groups in total. The van der Waals surface area contributed by atoms with Gasteiger partial charge in [-0.15, -0.1) is 0 Å². The summed E-state index contributed by atoms with van der Waals surface area (Å²) < 4.78 is 0.858. The van der Waals surface area contributed by atoms with Crippen LogP contribution >= 0.6 is 15.9 Å². The minimum atomic E-state index is -0.113. The molecule has 0 aromatic carbocycles. The Bertz CT molecular complexity index is 367. The highest BCUT2D eigenvalue weighted by Crippen LogP contribution is 2.10. The van der Waals surface area contributed by atoms with E-state index in [0.717, 1.165) is 17.3 Å². The number of unbranched alkanes of at least 4 members (excludes halogenated alkanes) is 2. The number of aromatic amines is 1. The lowest BCUT2D eigenvalue weighted by Gasteiger charge is -2.01. The molecule has 0 saturated carbocycles. The highest BCUT2D eigenvalue weighted by atomic mass is 79.9. The van der Waals surface area contributed by atoms with Crippen LogP contribution in [-0.2, 0) is 0 Å². The van der Waals surface area contributed by atoms with Crippen molar-refractivity contribution in [2.45, 2.75) is 19.3 Å². The van der Waals surface area contributed by atoms with E-state index in [0.29, 0.717) is 18.7 Å². The van der Waals surface area contributed by atoms with Gasteiger partial charge < -0.3 is 10.3 Å². The molecule has 0 saturated heterocycles. The fourth-order valence-corrected chi connectivity index (χ4v) is 1.47. The van der Waals surface area contributed by atoms with Crippen LogP contribution < -0.4 is 5.32 Å². The molecule has 1 aromatic rings. The van der Waals surface area contributed by atoms with Gasteiger partial charge in [0.15, 0.2) is 0 Å². The topological polar surface area (TPSA) is 68.7 Å². The Labute approximate surface area is 96.8 Å². The van der Waals surface area contributed by atoms with Crippen LogP contribution in [0.3, 0.4) is 0 Å². The molecule has 0 spiro atoms. The number of aromatic nitrogens is 1. The summed E-state index contributed by atoms with van der Waals surface area (Å²) in [5, 5.41) is 11.1. The van der Waals surface area contributed by atoms with Crippen LogP contribution in [0.2, 0.25) is 0 Å². The van der Waals surface area contributed by atoms with Gasteiger partial charge in [-0.3, -0.25) is 4.79 Å². The van der Waals surface area contributed by atoms with Gasteiger partial charge in [0.1, 0.15) is 5.69 Å². The molecule has 0 fully saturated rings. The first-order valence-electron chi connectivity index (χ1n) is 4.73. The van der Waals surface area contributed by atoms with Crippen molar-refractivity contribution >= 4 is 21.8 Å². The lowest BCUT2D eigenvalue weighted by molar-refractivity contribution is 0.0948. The number of H-pyrrole nitrogens is 1. The van der Waals surface area contributed by atoms with E-state index in [2.05, 4.69) is 32.3 Å². The van der Waals surface area contributed by atoms with E-state index in [1.807, 2.05) is 0 Å². The molecule has 0 radical (unpaired) electrons. The summed E-state index contributed by atoms with van der Waals surface area (Å²) >= 11 is 3.26. The Kier molecular flexibility index (Phi) is 4.91. The second-order valence-corrected chi connectivity index (χ2v) is 4.02. The lowest BCUT2D eigenvalue weighted by atomic mass is 10.2. The van der Waals surface area contributed by atoms with Gasteiger partial charge >= 0.3 is 0 Å². The Morgan fingerprint density at radius 3 is 3.00 bits per heavy atom. The third kappa shape index (κ3) is 4.17. The van der Waals surface area contributed by atoms with Crippen LogP contribution in [0.5, 0.6) is 0 Å². The first-order valence-corrected chi connectivity index (χ1v) is 5.52. The quantitative estimate of drug-likeness (QED) is 0.805. The molecule has 15 heavy (non-hydrogen) atoms. The second kappa shape index (κ2) is 6.25. The standard InChI is InChI=1S/C10H12BrN3O/c11-8-6-9(14-7-8)10(15)13-5-3-1-2-4-12/h6-7,14H,1-3,5H2,(H,13,15). The van der Waals surface area contributed by atoms with Crippen molar-refractivity contribution in [3.63, 3.8) is 0 Å². The number of carbonyl (C=O) groups is 1. The Hall–Kier alpha value is -1.28. The summed E-state index contributed by atoms with van der Waals surface area (Å²) in [5.74, 6) is -0.113. The summed E-state index contributed by atoms with van der Waals surface area (Å²) in [6.07, 6.45) is 3.92. The van der Waals surface area contributed by atoms with Crippen molar-refractivity contribution in [2.24, 2.45) is 0 Å². The molecule has 0 aliphatic carbocycles. The largest absolute Gasteiger partial charge is 0.356 e. The monoisotopic (exact) mass is 269 g/mol. The zero-order valence-electron chi connectivity index (χ0n) is 8.22. The first-order chi connectivity index (χ1) is 7.24. The van der Waals surface area contributed by atoms with Crippen LogP contribution in [0.4, 0.5) is 0 Å². The summed E-state index contributed by atoms with van der Waals surface area (Å²) in [6, 6.07) is 3.79. The van der Waals surface area contributed by atoms with E-state index in [1.54, 1.807) is 12.3 Å². The molecule has 0 aliphatic heterocycles. The molecular weight excluding hydrogens is 258 g/mol. The van der Waals surface area contributed by atoms with E-state index < -0.39 is 0 Å². The van der Waals surface area contributed by atoms with E-state index in [-0.39, 0.29) is 5.91 Å². The molecule has 1 heterocycles. The van der Waals surface area contributed by atoms with E-state index in [9.17, 15) is 4.79 Å². The Morgan fingerprint density at radius 1 is 1.60 bits per heavy atom. The number of carbonyl (C=O) groups excluding carboxylic acids is 1. The van der Waals surface area contributed by atoms with Gasteiger partial charge in [0.2, 0.25) is 0 Å². The molecule has 1 amide bonds. The zero-order chi connectivity index (χ0) is 11.1. The van der Waals surface area contributed by atoms with Crippen molar-refractivity contribution in [3.8, 4) is 6.07 Å². The summed E-state index contributed by atoms with van der Waals surface area (Å²) in [4.78, 5) is 14.3. The van der Waals surface area contributed by atoms with E-state index >= 15 is 0 Å². The molecule has 1 rings (SSSR count). The SMILES string of the molecule is N#CCCCCNC(=O)c1cc(Br)c[nH]1. The molecule has 5 heteroatoms. The van der Waals surface area contributed by atoms with Crippen molar-refractivity contribution in [2.75, 3.05) is 6.54 Å². The molecule has 4 nitrogen and oxygen atoms in total. The number of nitriles is 1. The zero-order valence-corrected chi connectivity index (χ0v) is 9.80. The van der Waals surface area contributed by atoms with Crippen molar-refractivity contribution in [3.05, 3.63) is 22.4 Å². The van der Waals surface area contributed by atoms with Gasteiger partial charge in [-0.25, -0.2) is 0 Å². The number of hydrogen-bond donors (Lipinski definition) is 2. The van der Waals surface area contributed by atoms with Gasteiger partial charge in [-0.05, 0) is 34.8 Å². The first kappa shape index (κ1) is 11.8. The average molecular weight is 270 g/mol. The highest BCUT2D eigenvalue weighted by molar-refractivity contribution is 9.10. The Balaban J connectivity index is 2.23. The van der Waals surface area contributed by atoms with Crippen molar-refractivity contribution < 1.29 is 4.79 Å². The van der Waals surface area contributed by atoms with Crippen molar-refractivity contribution in [1.29, 1.82) is 5.26 Å². The maximum absolute atomic E-state index is 11.5. The number of hydrogen-bond acceptors (Lipinski definition) is 2. The van der Waals surface area contributed by atoms with Gasteiger partial charge in [-0.2, -0.15) is 5.26 Å². The summed E-state index contributed by atoms with van der Waals surface area (Å²) in [7, 11) is 0. The van der Waals surface area contributed by atoms with Gasteiger partial charge in [0.25, 0.3) is 5.91 Å². The fourth-order valence-electron chi connectivity index (χ4n) is 1.13. The normalized spacial score (nSPS) is 9.60. The van der Waals surface area contributed by atoms with Crippen molar-refractivity contribution in [1.82, 2.24) is 10.3 Å². The Morgan fingerprint density at radius 2 is 2.40 bits per heavy atom. The number of halogens is 1. The second-order valence-electron chi connectivity index (χ2n) is 3.10. The van der Waals surface area contributed by atoms with Crippen LogP contribution in [0.15, 0.2) is 16.7 Å². The number of amides is 1. The van der Waals surface area contributed by atoms with Gasteiger partial charge in [0, 0.05) is 23.6 Å². The summed E-state index contributed by atoms with van der Waals surface area (Å²) in [6.45, 7) is 0.608. The number of nitrogens with zero attached hydrogens (tertiary/aromatic N) is 1.